The van der Waals surface area contributed by atoms with Gasteiger partial charge < -0.3 is 15.1 Å². The average molecular weight is 438 g/mol. The summed E-state index contributed by atoms with van der Waals surface area (Å²) in [6.07, 6.45) is 3.37. The highest BCUT2D eigenvalue weighted by Gasteiger charge is 2.29. The van der Waals surface area contributed by atoms with Gasteiger partial charge in [0.1, 0.15) is 6.04 Å². The molecule has 1 aromatic carbocycles. The summed E-state index contributed by atoms with van der Waals surface area (Å²) in [5, 5.41) is 12.4. The zero-order valence-corrected chi connectivity index (χ0v) is 18.0. The number of thioether (sulfide) groups is 1. The molecular formula is C22H23N5O3S. The third-order valence-electron chi connectivity index (χ3n) is 5.74. The summed E-state index contributed by atoms with van der Waals surface area (Å²) < 4.78 is 0. The van der Waals surface area contributed by atoms with Crippen molar-refractivity contribution in [3.8, 4) is 6.07 Å². The summed E-state index contributed by atoms with van der Waals surface area (Å²) in [7, 11) is 0. The van der Waals surface area contributed by atoms with Gasteiger partial charge in [0.25, 0.3) is 5.91 Å². The molecule has 1 unspecified atom stereocenters. The number of fused-ring (bicyclic) bond motifs is 1. The third-order valence-corrected chi connectivity index (χ3v) is 6.75. The number of hydrogen-bond donors (Lipinski definition) is 1. The molecule has 2 aromatic rings. The van der Waals surface area contributed by atoms with Crippen molar-refractivity contribution in [2.45, 2.75) is 25.8 Å². The molecule has 2 atom stereocenters. The van der Waals surface area contributed by atoms with Gasteiger partial charge in [0.05, 0.1) is 29.6 Å². The standard InChI is InChI=1S/C22H23N5O3S/c1-14-3-2-8-26(22(14)30)15-4-5-19-18(9-15)17(6-7-24-19)21(29)25-11-20(28)27-13-31-12-16(27)10-23/h4-7,9,14,16H,2-3,8,11-13H2,1H3,(H,25,29)/t14?,16-/m1/s1. The molecule has 1 aromatic heterocycles. The molecule has 0 bridgehead atoms. The number of piperidine rings is 1. The number of hydrogen-bond acceptors (Lipinski definition) is 6. The lowest BCUT2D eigenvalue weighted by Gasteiger charge is -2.30. The first kappa shape index (κ1) is 21.1. The molecule has 3 amide bonds. The fourth-order valence-corrected chi connectivity index (χ4v) is 5.06. The maximum atomic E-state index is 12.9. The minimum atomic E-state index is -0.455. The van der Waals surface area contributed by atoms with Crippen LogP contribution in [-0.4, -0.2) is 58.4 Å². The van der Waals surface area contributed by atoms with E-state index in [1.54, 1.807) is 23.2 Å². The zero-order chi connectivity index (χ0) is 22.0. The number of nitrogens with one attached hydrogen (secondary N) is 1. The highest BCUT2D eigenvalue weighted by Crippen LogP contribution is 2.28. The van der Waals surface area contributed by atoms with Crippen molar-refractivity contribution in [3.63, 3.8) is 0 Å². The zero-order valence-electron chi connectivity index (χ0n) is 17.2. The van der Waals surface area contributed by atoms with Crippen LogP contribution in [0.15, 0.2) is 30.5 Å². The van der Waals surface area contributed by atoms with Crippen molar-refractivity contribution in [1.82, 2.24) is 15.2 Å². The number of anilines is 1. The van der Waals surface area contributed by atoms with Crippen molar-refractivity contribution >= 4 is 46.1 Å². The van der Waals surface area contributed by atoms with Gasteiger partial charge in [-0.15, -0.1) is 11.8 Å². The van der Waals surface area contributed by atoms with Crippen molar-refractivity contribution in [2.24, 2.45) is 5.92 Å². The van der Waals surface area contributed by atoms with Gasteiger partial charge in [-0.2, -0.15) is 5.26 Å². The lowest BCUT2D eigenvalue weighted by Crippen LogP contribution is -2.42. The van der Waals surface area contributed by atoms with Gasteiger partial charge in [0.15, 0.2) is 0 Å². The summed E-state index contributed by atoms with van der Waals surface area (Å²) >= 11 is 1.52. The Kier molecular flexibility index (Phi) is 6.09. The van der Waals surface area contributed by atoms with Gasteiger partial charge in [0, 0.05) is 35.5 Å². The Bertz CT molecular complexity index is 1080. The summed E-state index contributed by atoms with van der Waals surface area (Å²) in [5.74, 6) is 0.432. The van der Waals surface area contributed by atoms with Gasteiger partial charge in [0.2, 0.25) is 11.8 Å². The number of amides is 3. The lowest BCUT2D eigenvalue weighted by atomic mass is 9.98. The molecule has 2 fully saturated rings. The van der Waals surface area contributed by atoms with Crippen LogP contribution in [0.5, 0.6) is 0 Å². The van der Waals surface area contributed by atoms with E-state index in [9.17, 15) is 14.4 Å². The molecule has 2 aliphatic rings. The summed E-state index contributed by atoms with van der Waals surface area (Å²) in [6, 6.07) is 8.74. The van der Waals surface area contributed by atoms with Gasteiger partial charge in [-0.05, 0) is 37.1 Å². The summed E-state index contributed by atoms with van der Waals surface area (Å²) in [5.41, 5.74) is 1.78. The second-order valence-corrected chi connectivity index (χ2v) is 8.78. The van der Waals surface area contributed by atoms with Crippen LogP contribution in [0.2, 0.25) is 0 Å². The molecule has 8 nitrogen and oxygen atoms in total. The maximum absolute atomic E-state index is 12.9. The third kappa shape index (κ3) is 4.21. The van der Waals surface area contributed by atoms with Crippen LogP contribution in [0.3, 0.4) is 0 Å². The van der Waals surface area contributed by atoms with Crippen LogP contribution in [-0.2, 0) is 9.59 Å². The number of carbonyl (C=O) groups excluding carboxylic acids is 3. The van der Waals surface area contributed by atoms with E-state index in [-0.39, 0.29) is 24.3 Å². The predicted octanol–water partition coefficient (Wildman–Crippen LogP) is 2.15. The van der Waals surface area contributed by atoms with Crippen molar-refractivity contribution < 1.29 is 14.4 Å². The smallest absolute Gasteiger partial charge is 0.252 e. The maximum Gasteiger partial charge on any atom is 0.252 e. The average Bonchev–Trinajstić information content (AvgIpc) is 3.27. The van der Waals surface area contributed by atoms with Crippen LogP contribution < -0.4 is 10.2 Å². The minimum absolute atomic E-state index is 0.0203. The monoisotopic (exact) mass is 437 g/mol. The lowest BCUT2D eigenvalue weighted by molar-refractivity contribution is -0.129. The molecule has 160 valence electrons. The quantitative estimate of drug-likeness (QED) is 0.786. The first-order valence-corrected chi connectivity index (χ1v) is 11.4. The van der Waals surface area contributed by atoms with E-state index in [4.69, 9.17) is 5.26 Å². The number of carbonyl (C=O) groups is 3. The van der Waals surface area contributed by atoms with E-state index in [1.165, 1.54) is 16.7 Å². The van der Waals surface area contributed by atoms with E-state index >= 15 is 0 Å². The van der Waals surface area contributed by atoms with Gasteiger partial charge in [-0.3, -0.25) is 19.4 Å². The molecule has 0 radical (unpaired) electrons. The van der Waals surface area contributed by atoms with Crippen molar-refractivity contribution in [3.05, 3.63) is 36.0 Å². The molecule has 1 N–H and O–H groups in total. The molecule has 3 heterocycles. The largest absolute Gasteiger partial charge is 0.343 e. The molecule has 0 saturated carbocycles. The van der Waals surface area contributed by atoms with Gasteiger partial charge in [-0.1, -0.05) is 6.92 Å². The van der Waals surface area contributed by atoms with Crippen LogP contribution in [0.1, 0.15) is 30.1 Å². The normalized spacial score (nSPS) is 21.2. The summed E-state index contributed by atoms with van der Waals surface area (Å²) in [6.45, 7) is 2.41. The highest BCUT2D eigenvalue weighted by molar-refractivity contribution is 7.99. The van der Waals surface area contributed by atoms with Crippen LogP contribution in [0.4, 0.5) is 5.69 Å². The van der Waals surface area contributed by atoms with Crippen molar-refractivity contribution in [2.75, 3.05) is 29.6 Å². The Morgan fingerprint density at radius 2 is 2.19 bits per heavy atom. The highest BCUT2D eigenvalue weighted by atomic mass is 32.2. The molecule has 4 rings (SSSR count). The van der Waals surface area contributed by atoms with Crippen LogP contribution in [0, 0.1) is 17.2 Å². The Morgan fingerprint density at radius 1 is 1.35 bits per heavy atom. The topological polar surface area (TPSA) is 106 Å². The van der Waals surface area contributed by atoms with E-state index in [0.717, 1.165) is 18.5 Å². The van der Waals surface area contributed by atoms with E-state index in [0.29, 0.717) is 34.6 Å². The molecule has 0 spiro atoms. The predicted molar refractivity (Wildman–Crippen MR) is 118 cm³/mol. The minimum Gasteiger partial charge on any atom is -0.343 e. The fourth-order valence-electron chi connectivity index (χ4n) is 3.96. The van der Waals surface area contributed by atoms with Crippen LogP contribution >= 0.6 is 11.8 Å². The first-order chi connectivity index (χ1) is 15.0. The summed E-state index contributed by atoms with van der Waals surface area (Å²) in [4.78, 5) is 45.5. The molecule has 9 heteroatoms. The molecule has 2 aliphatic heterocycles. The van der Waals surface area contributed by atoms with Crippen molar-refractivity contribution in [1.29, 1.82) is 5.26 Å². The number of pyridine rings is 1. The Hall–Kier alpha value is -3.12. The number of rotatable bonds is 4. The molecule has 2 saturated heterocycles. The fraction of sp³-hybridized carbons (Fsp3) is 0.409. The molecular weight excluding hydrogens is 414 g/mol. The Balaban J connectivity index is 1.54. The van der Waals surface area contributed by atoms with E-state index in [1.807, 2.05) is 19.1 Å². The number of nitriles is 1. The van der Waals surface area contributed by atoms with Gasteiger partial charge >= 0.3 is 0 Å². The van der Waals surface area contributed by atoms with E-state index < -0.39 is 11.9 Å². The Morgan fingerprint density at radius 3 is 3.00 bits per heavy atom. The Labute approximate surface area is 184 Å². The SMILES string of the molecule is CC1CCCN(c2ccc3nccc(C(=O)NCC(=O)N4CSC[C@H]4C#N)c3c2)C1=O. The number of aromatic nitrogens is 1. The van der Waals surface area contributed by atoms with Crippen LogP contribution in [0.25, 0.3) is 10.9 Å². The van der Waals surface area contributed by atoms with Gasteiger partial charge in [-0.25, -0.2) is 0 Å². The second kappa shape index (κ2) is 8.94. The first-order valence-electron chi connectivity index (χ1n) is 10.2. The molecule has 0 aliphatic carbocycles. The number of nitrogens with zero attached hydrogens (tertiary/aromatic N) is 4. The second-order valence-electron chi connectivity index (χ2n) is 7.78. The van der Waals surface area contributed by atoms with E-state index in [2.05, 4.69) is 16.4 Å². The number of benzene rings is 1. The molecule has 31 heavy (non-hydrogen) atoms.